The summed E-state index contributed by atoms with van der Waals surface area (Å²) in [5.41, 5.74) is 2.95. The minimum atomic E-state index is 0.0237. The van der Waals surface area contributed by atoms with Crippen LogP contribution in [0.5, 0.6) is 0 Å². The summed E-state index contributed by atoms with van der Waals surface area (Å²) < 4.78 is 3.26. The fourth-order valence-electron chi connectivity index (χ4n) is 2.83. The Morgan fingerprint density at radius 3 is 2.91 bits per heavy atom. The predicted molar refractivity (Wildman–Crippen MR) is 95.6 cm³/mol. The van der Waals surface area contributed by atoms with Crippen LogP contribution in [0.1, 0.15) is 33.8 Å². The molecule has 1 fully saturated rings. The van der Waals surface area contributed by atoms with Gasteiger partial charge in [-0.25, -0.2) is 0 Å². The Bertz CT molecular complexity index is 892. The summed E-state index contributed by atoms with van der Waals surface area (Å²) in [4.78, 5) is 13.8. The number of fused-ring (bicyclic) bond motifs is 1. The van der Waals surface area contributed by atoms with Gasteiger partial charge in [-0.15, -0.1) is 11.3 Å². The topological polar surface area (TPSA) is 34.0 Å². The zero-order valence-corrected chi connectivity index (χ0v) is 14.4. The number of halogens is 1. The number of carbonyl (C=O) groups excluding carboxylic acids is 1. The first-order chi connectivity index (χ1) is 11.1. The Hall–Kier alpha value is -1.78. The summed E-state index contributed by atoms with van der Waals surface area (Å²) in [7, 11) is 0. The zero-order chi connectivity index (χ0) is 16.0. The van der Waals surface area contributed by atoms with Crippen molar-refractivity contribution >= 4 is 39.1 Å². The number of thiophene rings is 1. The predicted octanol–water partition coefficient (Wildman–Crippen LogP) is 4.61. The summed E-state index contributed by atoms with van der Waals surface area (Å²) >= 11 is 7.83. The van der Waals surface area contributed by atoms with Crippen LogP contribution in [0.2, 0.25) is 5.02 Å². The maximum atomic E-state index is 12.6. The van der Waals surface area contributed by atoms with Crippen LogP contribution in [0.25, 0.3) is 10.2 Å². The standard InChI is InChI=1S/C18H17ClN2OS/c1-11-7-15-17(23-11)9-16(18(22)20-14-5-6-14)21(15)10-12-3-2-4-13(19)8-12/h2-4,7-9,14H,5-6,10H2,1H3,(H,20,22). The smallest absolute Gasteiger partial charge is 0.268 e. The first-order valence-electron chi connectivity index (χ1n) is 7.75. The Morgan fingerprint density at radius 1 is 1.35 bits per heavy atom. The second-order valence-electron chi connectivity index (χ2n) is 6.10. The van der Waals surface area contributed by atoms with E-state index >= 15 is 0 Å². The molecule has 1 aliphatic rings. The van der Waals surface area contributed by atoms with Crippen molar-refractivity contribution in [3.8, 4) is 0 Å². The van der Waals surface area contributed by atoms with Gasteiger partial charge >= 0.3 is 0 Å². The van der Waals surface area contributed by atoms with Crippen molar-refractivity contribution in [2.45, 2.75) is 32.4 Å². The van der Waals surface area contributed by atoms with Gasteiger partial charge in [0, 0.05) is 22.5 Å². The van der Waals surface area contributed by atoms with Crippen molar-refractivity contribution in [2.75, 3.05) is 0 Å². The molecule has 2 aromatic heterocycles. The van der Waals surface area contributed by atoms with Crippen LogP contribution in [-0.4, -0.2) is 16.5 Å². The van der Waals surface area contributed by atoms with E-state index in [2.05, 4.69) is 22.9 Å². The molecule has 1 amide bonds. The van der Waals surface area contributed by atoms with Crippen LogP contribution in [0, 0.1) is 6.92 Å². The van der Waals surface area contributed by atoms with Gasteiger partial charge < -0.3 is 9.88 Å². The largest absolute Gasteiger partial charge is 0.348 e. The lowest BCUT2D eigenvalue weighted by Crippen LogP contribution is -2.27. The lowest BCUT2D eigenvalue weighted by molar-refractivity contribution is 0.0942. The molecule has 1 N–H and O–H groups in total. The molecule has 3 nitrogen and oxygen atoms in total. The van der Waals surface area contributed by atoms with Gasteiger partial charge in [0.25, 0.3) is 5.91 Å². The molecule has 118 valence electrons. The van der Waals surface area contributed by atoms with E-state index in [-0.39, 0.29) is 5.91 Å². The monoisotopic (exact) mass is 344 g/mol. The zero-order valence-electron chi connectivity index (χ0n) is 12.8. The van der Waals surface area contributed by atoms with Crippen molar-refractivity contribution < 1.29 is 4.79 Å². The summed E-state index contributed by atoms with van der Waals surface area (Å²) in [6.07, 6.45) is 2.18. The highest BCUT2D eigenvalue weighted by molar-refractivity contribution is 7.19. The average Bonchev–Trinajstić information content (AvgIpc) is 3.15. The van der Waals surface area contributed by atoms with E-state index in [4.69, 9.17) is 11.6 Å². The molecule has 1 aromatic carbocycles. The minimum absolute atomic E-state index is 0.0237. The fraction of sp³-hybridized carbons (Fsp3) is 0.278. The molecule has 0 atom stereocenters. The van der Waals surface area contributed by atoms with E-state index in [0.29, 0.717) is 12.6 Å². The van der Waals surface area contributed by atoms with E-state index in [9.17, 15) is 4.79 Å². The van der Waals surface area contributed by atoms with Crippen LogP contribution in [0.3, 0.4) is 0 Å². The van der Waals surface area contributed by atoms with E-state index in [1.807, 2.05) is 30.3 Å². The molecule has 0 radical (unpaired) electrons. The minimum Gasteiger partial charge on any atom is -0.348 e. The number of hydrogen-bond acceptors (Lipinski definition) is 2. The van der Waals surface area contributed by atoms with Crippen LogP contribution in [0.15, 0.2) is 36.4 Å². The lowest BCUT2D eigenvalue weighted by Gasteiger charge is -2.11. The van der Waals surface area contributed by atoms with E-state index in [1.165, 1.54) is 4.88 Å². The quantitative estimate of drug-likeness (QED) is 0.737. The SMILES string of the molecule is Cc1cc2c(cc(C(=O)NC3CC3)n2Cc2cccc(Cl)c2)s1. The van der Waals surface area contributed by atoms with Gasteiger partial charge in [-0.3, -0.25) is 4.79 Å². The number of nitrogens with zero attached hydrogens (tertiary/aromatic N) is 1. The Labute approximate surface area is 143 Å². The summed E-state index contributed by atoms with van der Waals surface area (Å²) in [5, 5.41) is 3.81. The molecule has 2 heterocycles. The molecule has 0 bridgehead atoms. The Morgan fingerprint density at radius 2 is 2.17 bits per heavy atom. The molecule has 1 aliphatic carbocycles. The second-order valence-corrected chi connectivity index (χ2v) is 7.82. The number of aromatic nitrogens is 1. The van der Waals surface area contributed by atoms with Gasteiger partial charge in [0.1, 0.15) is 5.69 Å². The first-order valence-corrected chi connectivity index (χ1v) is 8.94. The molecule has 0 unspecified atom stereocenters. The number of benzene rings is 1. The van der Waals surface area contributed by atoms with E-state index in [0.717, 1.165) is 39.3 Å². The molecule has 5 heteroatoms. The maximum absolute atomic E-state index is 12.6. The van der Waals surface area contributed by atoms with Crippen LogP contribution >= 0.6 is 22.9 Å². The highest BCUT2D eigenvalue weighted by Gasteiger charge is 2.26. The number of amides is 1. The molecule has 0 spiro atoms. The average molecular weight is 345 g/mol. The van der Waals surface area contributed by atoms with Crippen molar-refractivity contribution in [3.63, 3.8) is 0 Å². The molecular weight excluding hydrogens is 328 g/mol. The first kappa shape index (κ1) is 14.8. The van der Waals surface area contributed by atoms with Crippen molar-refractivity contribution in [1.82, 2.24) is 9.88 Å². The van der Waals surface area contributed by atoms with Gasteiger partial charge in [-0.2, -0.15) is 0 Å². The van der Waals surface area contributed by atoms with Crippen molar-refractivity contribution in [1.29, 1.82) is 0 Å². The fourth-order valence-corrected chi connectivity index (χ4v) is 4.00. The number of rotatable bonds is 4. The normalized spacial score (nSPS) is 14.3. The van der Waals surface area contributed by atoms with Gasteiger partial charge in [0.2, 0.25) is 0 Å². The molecule has 3 aromatic rings. The number of nitrogens with one attached hydrogen (secondary N) is 1. The molecular formula is C18H17ClN2OS. The molecule has 23 heavy (non-hydrogen) atoms. The number of carbonyl (C=O) groups is 1. The second kappa shape index (κ2) is 5.69. The maximum Gasteiger partial charge on any atom is 0.268 e. The highest BCUT2D eigenvalue weighted by Crippen LogP contribution is 2.30. The highest BCUT2D eigenvalue weighted by atomic mass is 35.5. The van der Waals surface area contributed by atoms with Gasteiger partial charge in [0.05, 0.1) is 10.2 Å². The summed E-state index contributed by atoms with van der Waals surface area (Å²) in [5.74, 6) is 0.0237. The third-order valence-electron chi connectivity index (χ3n) is 4.09. The van der Waals surface area contributed by atoms with Gasteiger partial charge in [-0.1, -0.05) is 23.7 Å². The number of aryl methyl sites for hydroxylation is 1. The van der Waals surface area contributed by atoms with Crippen LogP contribution in [-0.2, 0) is 6.54 Å². The summed E-state index contributed by atoms with van der Waals surface area (Å²) in [6, 6.07) is 12.3. The van der Waals surface area contributed by atoms with Gasteiger partial charge in [-0.05, 0) is 49.6 Å². The van der Waals surface area contributed by atoms with E-state index in [1.54, 1.807) is 11.3 Å². The third kappa shape index (κ3) is 3.01. The van der Waals surface area contributed by atoms with Crippen molar-refractivity contribution in [2.24, 2.45) is 0 Å². The Balaban J connectivity index is 1.75. The summed E-state index contributed by atoms with van der Waals surface area (Å²) in [6.45, 7) is 2.74. The molecule has 1 saturated carbocycles. The Kier molecular flexibility index (Phi) is 3.66. The van der Waals surface area contributed by atoms with Crippen LogP contribution < -0.4 is 5.32 Å². The number of hydrogen-bond donors (Lipinski definition) is 1. The molecule has 0 aliphatic heterocycles. The van der Waals surface area contributed by atoms with E-state index < -0.39 is 0 Å². The van der Waals surface area contributed by atoms with Gasteiger partial charge in [0.15, 0.2) is 0 Å². The third-order valence-corrected chi connectivity index (χ3v) is 5.31. The van der Waals surface area contributed by atoms with Crippen molar-refractivity contribution in [3.05, 3.63) is 57.6 Å². The molecule has 4 rings (SSSR count). The lowest BCUT2D eigenvalue weighted by atomic mass is 10.2. The van der Waals surface area contributed by atoms with Crippen LogP contribution in [0.4, 0.5) is 0 Å². The molecule has 0 saturated heterocycles.